The molecule has 0 aliphatic carbocycles. The topological polar surface area (TPSA) is 72.2 Å². The Bertz CT molecular complexity index is 493. The SMILES string of the molecule is CCc1cc(CC(O)C(C)S(C)(=O)=O)n(CC)n1. The molecule has 1 aromatic heterocycles. The number of nitrogens with zero attached hydrogens (tertiary/aromatic N) is 2. The molecule has 0 aliphatic heterocycles. The summed E-state index contributed by atoms with van der Waals surface area (Å²) in [5.41, 5.74) is 1.85. The lowest BCUT2D eigenvalue weighted by Crippen LogP contribution is -2.32. The van der Waals surface area contributed by atoms with Gasteiger partial charge < -0.3 is 5.11 Å². The second-order valence-electron chi connectivity index (χ2n) is 4.60. The van der Waals surface area contributed by atoms with Crippen LogP contribution in [-0.2, 0) is 29.2 Å². The van der Waals surface area contributed by atoms with Gasteiger partial charge in [0.25, 0.3) is 0 Å². The lowest BCUT2D eigenvalue weighted by molar-refractivity contribution is 0.170. The first-order valence-corrected chi connectivity index (χ1v) is 8.17. The normalized spacial score (nSPS) is 15.6. The van der Waals surface area contributed by atoms with E-state index in [1.54, 1.807) is 0 Å². The molecule has 5 nitrogen and oxygen atoms in total. The average Bonchev–Trinajstić information content (AvgIpc) is 2.69. The van der Waals surface area contributed by atoms with E-state index in [0.717, 1.165) is 30.6 Å². The molecule has 0 spiro atoms. The van der Waals surface area contributed by atoms with Gasteiger partial charge in [-0.15, -0.1) is 0 Å². The molecule has 1 heterocycles. The van der Waals surface area contributed by atoms with Gasteiger partial charge in [-0.1, -0.05) is 6.92 Å². The number of aliphatic hydroxyl groups excluding tert-OH is 1. The quantitative estimate of drug-likeness (QED) is 0.833. The molecule has 0 radical (unpaired) electrons. The Hall–Kier alpha value is -0.880. The highest BCUT2D eigenvalue weighted by atomic mass is 32.2. The van der Waals surface area contributed by atoms with Gasteiger partial charge in [0.2, 0.25) is 0 Å². The van der Waals surface area contributed by atoms with Crippen LogP contribution in [0.3, 0.4) is 0 Å². The van der Waals surface area contributed by atoms with Crippen LogP contribution in [0.4, 0.5) is 0 Å². The Morgan fingerprint density at radius 3 is 2.50 bits per heavy atom. The van der Waals surface area contributed by atoms with E-state index in [9.17, 15) is 13.5 Å². The molecular formula is C12H22N2O3S. The van der Waals surface area contributed by atoms with Gasteiger partial charge >= 0.3 is 0 Å². The lowest BCUT2D eigenvalue weighted by atomic mass is 10.1. The summed E-state index contributed by atoms with van der Waals surface area (Å²) in [6, 6.07) is 1.93. The van der Waals surface area contributed by atoms with Crippen molar-refractivity contribution in [3.05, 3.63) is 17.5 Å². The van der Waals surface area contributed by atoms with Crippen LogP contribution in [0.25, 0.3) is 0 Å². The van der Waals surface area contributed by atoms with Crippen LogP contribution in [0.15, 0.2) is 6.07 Å². The molecule has 1 N–H and O–H groups in total. The second kappa shape index (κ2) is 5.84. The van der Waals surface area contributed by atoms with Gasteiger partial charge in [0, 0.05) is 24.9 Å². The van der Waals surface area contributed by atoms with Crippen LogP contribution in [-0.4, -0.2) is 40.9 Å². The molecule has 6 heteroatoms. The van der Waals surface area contributed by atoms with E-state index in [4.69, 9.17) is 0 Å². The Morgan fingerprint density at radius 2 is 2.06 bits per heavy atom. The molecular weight excluding hydrogens is 252 g/mol. The third-order valence-corrected chi connectivity index (χ3v) is 4.88. The van der Waals surface area contributed by atoms with Crippen molar-refractivity contribution < 1.29 is 13.5 Å². The van der Waals surface area contributed by atoms with Gasteiger partial charge in [0.05, 0.1) is 17.0 Å². The van der Waals surface area contributed by atoms with Crippen molar-refractivity contribution in [3.63, 3.8) is 0 Å². The molecule has 1 aromatic rings. The summed E-state index contributed by atoms with van der Waals surface area (Å²) >= 11 is 0. The van der Waals surface area contributed by atoms with Crippen LogP contribution in [0.1, 0.15) is 32.2 Å². The van der Waals surface area contributed by atoms with Gasteiger partial charge in [-0.05, 0) is 26.3 Å². The third kappa shape index (κ3) is 3.55. The molecule has 0 saturated heterocycles. The maximum Gasteiger partial charge on any atom is 0.152 e. The van der Waals surface area contributed by atoms with Gasteiger partial charge in [-0.25, -0.2) is 8.42 Å². The van der Waals surface area contributed by atoms with Crippen LogP contribution < -0.4 is 0 Å². The van der Waals surface area contributed by atoms with Gasteiger partial charge in [0.1, 0.15) is 0 Å². The van der Waals surface area contributed by atoms with Crippen LogP contribution in [0.2, 0.25) is 0 Å². The predicted molar refractivity (Wildman–Crippen MR) is 71.3 cm³/mol. The fourth-order valence-electron chi connectivity index (χ4n) is 1.79. The molecule has 0 fully saturated rings. The zero-order chi connectivity index (χ0) is 13.9. The number of hydrogen-bond donors (Lipinski definition) is 1. The van der Waals surface area contributed by atoms with Crippen LogP contribution >= 0.6 is 0 Å². The lowest BCUT2D eigenvalue weighted by Gasteiger charge is -2.17. The fraction of sp³-hybridized carbons (Fsp3) is 0.750. The van der Waals surface area contributed by atoms with Crippen molar-refractivity contribution in [1.82, 2.24) is 9.78 Å². The summed E-state index contributed by atoms with van der Waals surface area (Å²) in [7, 11) is -3.22. The van der Waals surface area contributed by atoms with Crippen molar-refractivity contribution in [3.8, 4) is 0 Å². The third-order valence-electron chi connectivity index (χ3n) is 3.21. The number of sulfone groups is 1. The first-order chi connectivity index (χ1) is 8.29. The van der Waals surface area contributed by atoms with Crippen molar-refractivity contribution in [2.24, 2.45) is 0 Å². The highest BCUT2D eigenvalue weighted by Gasteiger charge is 2.25. The first-order valence-electron chi connectivity index (χ1n) is 6.22. The Morgan fingerprint density at radius 1 is 1.44 bits per heavy atom. The molecule has 2 unspecified atom stereocenters. The molecule has 0 bridgehead atoms. The maximum absolute atomic E-state index is 11.4. The van der Waals surface area contributed by atoms with Crippen LogP contribution in [0.5, 0.6) is 0 Å². The van der Waals surface area contributed by atoms with Crippen molar-refractivity contribution in [2.45, 2.75) is 51.5 Å². The van der Waals surface area contributed by atoms with E-state index in [1.165, 1.54) is 6.92 Å². The minimum atomic E-state index is -3.22. The van der Waals surface area contributed by atoms with Crippen molar-refractivity contribution >= 4 is 9.84 Å². The predicted octanol–water partition coefficient (Wildman–Crippen LogP) is 0.802. The fourth-order valence-corrected chi connectivity index (χ4v) is 2.46. The number of aromatic nitrogens is 2. The number of hydrogen-bond acceptors (Lipinski definition) is 4. The summed E-state index contributed by atoms with van der Waals surface area (Å²) in [6.45, 7) is 6.24. The zero-order valence-electron chi connectivity index (χ0n) is 11.4. The summed E-state index contributed by atoms with van der Waals surface area (Å²) < 4.78 is 24.6. The zero-order valence-corrected chi connectivity index (χ0v) is 12.2. The van der Waals surface area contributed by atoms with E-state index in [-0.39, 0.29) is 0 Å². The standard InChI is InChI=1S/C12H22N2O3S/c1-5-10-7-11(14(6-2)13-10)8-12(15)9(3)18(4,16)17/h7,9,12,15H,5-6,8H2,1-4H3. The Kier molecular flexibility index (Phi) is 4.92. The Balaban J connectivity index is 2.87. The molecule has 0 saturated carbocycles. The first kappa shape index (κ1) is 15.2. The van der Waals surface area contributed by atoms with E-state index >= 15 is 0 Å². The summed E-state index contributed by atoms with van der Waals surface area (Å²) in [4.78, 5) is 0. The number of rotatable bonds is 6. The van der Waals surface area contributed by atoms with Crippen LogP contribution in [0, 0.1) is 0 Å². The summed E-state index contributed by atoms with van der Waals surface area (Å²) in [6.07, 6.45) is 1.40. The Labute approximate surface area is 109 Å². The number of aryl methyl sites for hydroxylation is 2. The van der Waals surface area contributed by atoms with Gasteiger partial charge in [0.15, 0.2) is 9.84 Å². The molecule has 0 amide bonds. The van der Waals surface area contributed by atoms with Crippen molar-refractivity contribution in [2.75, 3.05) is 6.26 Å². The van der Waals surface area contributed by atoms with Gasteiger partial charge in [-0.3, -0.25) is 4.68 Å². The van der Waals surface area contributed by atoms with E-state index in [0.29, 0.717) is 6.42 Å². The maximum atomic E-state index is 11.4. The second-order valence-corrected chi connectivity index (χ2v) is 7.01. The highest BCUT2D eigenvalue weighted by Crippen LogP contribution is 2.13. The van der Waals surface area contributed by atoms with E-state index < -0.39 is 21.2 Å². The summed E-state index contributed by atoms with van der Waals surface area (Å²) in [5, 5.41) is 13.6. The summed E-state index contributed by atoms with van der Waals surface area (Å²) in [5.74, 6) is 0. The van der Waals surface area contributed by atoms with Crippen molar-refractivity contribution in [1.29, 1.82) is 0 Å². The molecule has 104 valence electrons. The molecule has 0 aromatic carbocycles. The smallest absolute Gasteiger partial charge is 0.152 e. The van der Waals surface area contributed by atoms with E-state index in [1.807, 2.05) is 24.6 Å². The minimum absolute atomic E-state index is 0.315. The number of aliphatic hydroxyl groups is 1. The monoisotopic (exact) mass is 274 g/mol. The minimum Gasteiger partial charge on any atom is -0.391 e. The van der Waals surface area contributed by atoms with Gasteiger partial charge in [-0.2, -0.15) is 5.10 Å². The molecule has 18 heavy (non-hydrogen) atoms. The average molecular weight is 274 g/mol. The largest absolute Gasteiger partial charge is 0.391 e. The van der Waals surface area contributed by atoms with E-state index in [2.05, 4.69) is 5.10 Å². The molecule has 0 aliphatic rings. The highest BCUT2D eigenvalue weighted by molar-refractivity contribution is 7.91. The molecule has 1 rings (SSSR count). The molecule has 2 atom stereocenters.